The van der Waals surface area contributed by atoms with Crippen molar-refractivity contribution >= 4 is 12.0 Å². The van der Waals surface area contributed by atoms with Crippen LogP contribution in [0, 0.1) is 0 Å². The molecule has 1 atom stereocenters. The number of rotatable bonds is 2. The summed E-state index contributed by atoms with van der Waals surface area (Å²) in [5.41, 5.74) is -3.15. The highest BCUT2D eigenvalue weighted by atomic mass is 19.4. The van der Waals surface area contributed by atoms with Crippen molar-refractivity contribution in [1.29, 1.82) is 0 Å². The van der Waals surface area contributed by atoms with Gasteiger partial charge < -0.3 is 4.74 Å². The predicted octanol–water partition coefficient (Wildman–Crippen LogP) is 2.75. The number of pyridine rings is 1. The zero-order valence-electron chi connectivity index (χ0n) is 14.5. The average molecular weight is 362 g/mol. The molecule has 4 nitrogen and oxygen atoms in total. The lowest BCUT2D eigenvalue weighted by Gasteiger charge is -2.28. The van der Waals surface area contributed by atoms with Gasteiger partial charge in [-0.3, -0.25) is 9.98 Å². The van der Waals surface area contributed by atoms with Crippen LogP contribution in [0.3, 0.4) is 0 Å². The molecule has 3 rings (SSSR count). The number of alkyl halides is 3. The van der Waals surface area contributed by atoms with Crippen molar-refractivity contribution in [2.45, 2.75) is 38.1 Å². The Balaban J connectivity index is 2.14. The molecule has 136 valence electrons. The van der Waals surface area contributed by atoms with Gasteiger partial charge in [-0.25, -0.2) is 4.79 Å². The van der Waals surface area contributed by atoms with Crippen molar-refractivity contribution in [2.75, 3.05) is 0 Å². The molecule has 0 fully saturated rings. The van der Waals surface area contributed by atoms with Crippen molar-refractivity contribution in [3.63, 3.8) is 0 Å². The fraction of sp³-hybridized carbons (Fsp3) is 0.316. The number of benzene rings is 1. The van der Waals surface area contributed by atoms with Crippen LogP contribution >= 0.6 is 0 Å². The summed E-state index contributed by atoms with van der Waals surface area (Å²) >= 11 is 0. The second-order valence-electron chi connectivity index (χ2n) is 7.01. The maximum absolute atomic E-state index is 12.9. The Morgan fingerprint density at radius 1 is 1.08 bits per heavy atom. The van der Waals surface area contributed by atoms with Gasteiger partial charge in [-0.15, -0.1) is 0 Å². The highest BCUT2D eigenvalue weighted by molar-refractivity contribution is 5.91. The minimum Gasteiger partial charge on any atom is -0.458 e. The average Bonchev–Trinajstić information content (AvgIpc) is 2.93. The van der Waals surface area contributed by atoms with Gasteiger partial charge in [0.25, 0.3) is 0 Å². The van der Waals surface area contributed by atoms with Gasteiger partial charge in [0.15, 0.2) is 0 Å². The van der Waals surface area contributed by atoms with E-state index < -0.39 is 29.0 Å². The standard InChI is InChI=1S/C19H17F3N2O2/c1-17(2,3)26-16(25)18(10-12-6-4-5-7-14(12)24-18)13-8-9-15(23-11-13)19(20,21)22/h4-11H,1-3H3. The van der Waals surface area contributed by atoms with Crippen molar-refractivity contribution in [1.82, 2.24) is 4.98 Å². The Morgan fingerprint density at radius 2 is 1.77 bits per heavy atom. The number of hydrogen-bond acceptors (Lipinski definition) is 4. The largest absolute Gasteiger partial charge is 0.458 e. The van der Waals surface area contributed by atoms with Crippen LogP contribution in [-0.2, 0) is 21.2 Å². The van der Waals surface area contributed by atoms with Crippen LogP contribution in [0.5, 0.6) is 0 Å². The quantitative estimate of drug-likeness (QED) is 0.772. The van der Waals surface area contributed by atoms with Crippen molar-refractivity contribution in [3.8, 4) is 0 Å². The van der Waals surface area contributed by atoms with Crippen LogP contribution in [-0.4, -0.2) is 16.6 Å². The summed E-state index contributed by atoms with van der Waals surface area (Å²) < 4.78 is 43.9. The highest BCUT2D eigenvalue weighted by Gasteiger charge is 2.44. The lowest BCUT2D eigenvalue weighted by atomic mass is 9.91. The molecule has 2 aromatic rings. The molecule has 0 amide bonds. The highest BCUT2D eigenvalue weighted by Crippen LogP contribution is 2.34. The van der Waals surface area contributed by atoms with E-state index in [1.165, 1.54) is 6.07 Å². The number of carbonyl (C=O) groups excluding carboxylic acids is 1. The maximum atomic E-state index is 12.9. The van der Waals surface area contributed by atoms with Gasteiger partial charge >= 0.3 is 12.1 Å². The second kappa shape index (κ2) is 5.93. The van der Waals surface area contributed by atoms with Gasteiger partial charge in [-0.05, 0) is 44.2 Å². The van der Waals surface area contributed by atoms with Gasteiger partial charge in [-0.2, -0.15) is 13.2 Å². The zero-order valence-corrected chi connectivity index (χ0v) is 14.5. The third kappa shape index (κ3) is 3.34. The van der Waals surface area contributed by atoms with E-state index in [1.54, 1.807) is 51.1 Å². The third-order valence-electron chi connectivity index (χ3n) is 3.80. The van der Waals surface area contributed by atoms with E-state index in [1.807, 2.05) is 0 Å². The Hall–Kier alpha value is -2.70. The molecule has 1 aromatic heterocycles. The van der Waals surface area contributed by atoms with Crippen molar-refractivity contribution in [3.05, 3.63) is 64.4 Å². The molecule has 26 heavy (non-hydrogen) atoms. The SMILES string of the molecule is CC(C)(C)OC(=O)C1(c2ccc(C(F)(F)F)nc2)C=c2ccccc2=N1. The van der Waals surface area contributed by atoms with Gasteiger partial charge in [0.05, 0.1) is 5.36 Å². The number of esters is 1. The minimum atomic E-state index is -4.56. The number of nitrogens with zero attached hydrogens (tertiary/aromatic N) is 2. The smallest absolute Gasteiger partial charge is 0.433 e. The number of hydrogen-bond donors (Lipinski definition) is 0. The second-order valence-corrected chi connectivity index (χ2v) is 7.01. The fourth-order valence-electron chi connectivity index (χ4n) is 2.67. The Kier molecular flexibility index (Phi) is 4.13. The number of ether oxygens (including phenoxy) is 1. The monoisotopic (exact) mass is 362 g/mol. The molecule has 1 aliphatic heterocycles. The number of aromatic nitrogens is 1. The lowest BCUT2D eigenvalue weighted by Crippen LogP contribution is -2.38. The molecule has 0 radical (unpaired) electrons. The summed E-state index contributed by atoms with van der Waals surface area (Å²) in [7, 11) is 0. The van der Waals surface area contributed by atoms with Gasteiger partial charge in [0.1, 0.15) is 11.3 Å². The van der Waals surface area contributed by atoms with Crippen LogP contribution in [0.4, 0.5) is 13.2 Å². The van der Waals surface area contributed by atoms with E-state index in [4.69, 9.17) is 4.74 Å². The molecule has 0 N–H and O–H groups in total. The van der Waals surface area contributed by atoms with Crippen molar-refractivity contribution in [2.24, 2.45) is 4.99 Å². The first-order valence-corrected chi connectivity index (χ1v) is 7.96. The molecule has 0 saturated carbocycles. The van der Waals surface area contributed by atoms with Gasteiger partial charge in [-0.1, -0.05) is 24.3 Å². The van der Waals surface area contributed by atoms with Crippen molar-refractivity contribution < 1.29 is 22.7 Å². The van der Waals surface area contributed by atoms with E-state index in [0.29, 0.717) is 10.6 Å². The molecule has 0 aliphatic carbocycles. The molecule has 0 bridgehead atoms. The number of carbonyl (C=O) groups is 1. The van der Waals surface area contributed by atoms with Crippen LogP contribution in [0.25, 0.3) is 6.08 Å². The summed E-state index contributed by atoms with van der Waals surface area (Å²) in [6.45, 7) is 5.14. The first-order valence-electron chi connectivity index (χ1n) is 7.96. The summed E-state index contributed by atoms with van der Waals surface area (Å²) in [6.07, 6.45) is -1.93. The van der Waals surface area contributed by atoms with Gasteiger partial charge in [0.2, 0.25) is 5.54 Å². The molecule has 0 saturated heterocycles. The molecule has 1 aromatic carbocycles. The number of halogens is 3. The first kappa shape index (κ1) is 18.1. The summed E-state index contributed by atoms with van der Waals surface area (Å²) in [6, 6.07) is 9.13. The molecule has 1 unspecified atom stereocenters. The molecular formula is C19H17F3N2O2. The van der Waals surface area contributed by atoms with Crippen LogP contribution in [0.15, 0.2) is 47.6 Å². The molecule has 1 aliphatic rings. The van der Waals surface area contributed by atoms with Crippen LogP contribution < -0.4 is 10.6 Å². The Labute approximate surface area is 148 Å². The normalized spacial score (nSPS) is 19.3. The fourth-order valence-corrected chi connectivity index (χ4v) is 2.67. The van der Waals surface area contributed by atoms with E-state index >= 15 is 0 Å². The number of fused-ring (bicyclic) bond motifs is 1. The summed E-state index contributed by atoms with van der Waals surface area (Å²) in [4.78, 5) is 20.9. The lowest BCUT2D eigenvalue weighted by molar-refractivity contribution is -0.159. The first-order chi connectivity index (χ1) is 12.0. The molecular weight excluding hydrogens is 345 g/mol. The Morgan fingerprint density at radius 3 is 2.31 bits per heavy atom. The zero-order chi connectivity index (χ0) is 19.2. The summed E-state index contributed by atoms with van der Waals surface area (Å²) in [5.74, 6) is -0.664. The topological polar surface area (TPSA) is 51.5 Å². The van der Waals surface area contributed by atoms with E-state index in [2.05, 4.69) is 9.98 Å². The van der Waals surface area contributed by atoms with Crippen LogP contribution in [0.2, 0.25) is 0 Å². The molecule has 0 spiro atoms. The Bertz CT molecular complexity index is 923. The van der Waals surface area contributed by atoms with Crippen LogP contribution in [0.1, 0.15) is 32.0 Å². The minimum absolute atomic E-state index is 0.218. The predicted molar refractivity (Wildman–Crippen MR) is 88.5 cm³/mol. The van der Waals surface area contributed by atoms with E-state index in [-0.39, 0.29) is 5.56 Å². The maximum Gasteiger partial charge on any atom is 0.433 e. The van der Waals surface area contributed by atoms with E-state index in [9.17, 15) is 18.0 Å². The van der Waals surface area contributed by atoms with E-state index in [0.717, 1.165) is 12.3 Å². The number of para-hydroxylation sites is 1. The molecule has 2 heterocycles. The molecule has 7 heteroatoms. The third-order valence-corrected chi connectivity index (χ3v) is 3.80. The van der Waals surface area contributed by atoms with Gasteiger partial charge in [0, 0.05) is 11.8 Å². The summed E-state index contributed by atoms with van der Waals surface area (Å²) in [5, 5.41) is 1.27.